The highest BCUT2D eigenvalue weighted by molar-refractivity contribution is 7.10. The molecule has 0 radical (unpaired) electrons. The number of aromatic nitrogens is 1. The monoisotopic (exact) mass is 374 g/mol. The normalized spacial score (nSPS) is 14.2. The maximum Gasteiger partial charge on any atom is 0.409 e. The molecule has 0 aliphatic carbocycles. The average Bonchev–Trinajstić information content (AvgIpc) is 3.15. The van der Waals surface area contributed by atoms with Crippen molar-refractivity contribution in [1.29, 1.82) is 0 Å². The van der Waals surface area contributed by atoms with E-state index >= 15 is 0 Å². The highest BCUT2D eigenvalue weighted by Crippen LogP contribution is 2.17. The van der Waals surface area contributed by atoms with Crippen LogP contribution in [0.3, 0.4) is 0 Å². The smallest absolute Gasteiger partial charge is 0.409 e. The molecule has 0 bridgehead atoms. The first-order chi connectivity index (χ1) is 12.7. The van der Waals surface area contributed by atoms with Crippen molar-refractivity contribution in [3.8, 4) is 0 Å². The largest absolute Gasteiger partial charge is 0.450 e. The molecular weight excluding hydrogens is 352 g/mol. The van der Waals surface area contributed by atoms with Gasteiger partial charge in [-0.2, -0.15) is 0 Å². The molecule has 7 nitrogen and oxygen atoms in total. The van der Waals surface area contributed by atoms with Crippen molar-refractivity contribution >= 4 is 34.8 Å². The van der Waals surface area contributed by atoms with Gasteiger partial charge in [0.2, 0.25) is 5.91 Å². The van der Waals surface area contributed by atoms with Crippen LogP contribution in [-0.4, -0.2) is 54.7 Å². The van der Waals surface area contributed by atoms with Gasteiger partial charge in [-0.15, -0.1) is 11.3 Å². The molecule has 8 heteroatoms. The molecule has 1 N–H and O–H groups in total. The Hall–Kier alpha value is -2.61. The van der Waals surface area contributed by atoms with Gasteiger partial charge < -0.3 is 19.9 Å². The van der Waals surface area contributed by atoms with E-state index in [2.05, 4.69) is 15.2 Å². The van der Waals surface area contributed by atoms with Crippen LogP contribution in [0.25, 0.3) is 0 Å². The number of nitrogens with one attached hydrogen (secondary N) is 1. The van der Waals surface area contributed by atoms with Crippen LogP contribution in [0.5, 0.6) is 0 Å². The number of carbonyl (C=O) groups is 2. The van der Waals surface area contributed by atoms with Crippen LogP contribution in [0.4, 0.5) is 16.3 Å². The summed E-state index contributed by atoms with van der Waals surface area (Å²) in [5, 5.41) is 4.82. The molecule has 3 heterocycles. The van der Waals surface area contributed by atoms with Crippen molar-refractivity contribution in [3.63, 3.8) is 0 Å². The Morgan fingerprint density at radius 3 is 2.65 bits per heavy atom. The molecule has 138 valence electrons. The van der Waals surface area contributed by atoms with Crippen LogP contribution in [0.15, 0.2) is 35.8 Å². The lowest BCUT2D eigenvalue weighted by Crippen LogP contribution is -2.49. The number of ether oxygens (including phenoxy) is 1. The number of pyridine rings is 1. The summed E-state index contributed by atoms with van der Waals surface area (Å²) in [4.78, 5) is 33.1. The van der Waals surface area contributed by atoms with Crippen LogP contribution < -0.4 is 10.2 Å². The number of hydrogen-bond acceptors (Lipinski definition) is 6. The summed E-state index contributed by atoms with van der Waals surface area (Å²) >= 11 is 1.57. The first-order valence-corrected chi connectivity index (χ1v) is 9.48. The summed E-state index contributed by atoms with van der Waals surface area (Å²) in [6.45, 7) is 4.82. The molecule has 0 unspecified atom stereocenters. The quantitative estimate of drug-likeness (QED) is 0.871. The Bertz CT molecular complexity index is 725. The first kappa shape index (κ1) is 18.2. The standard InChI is InChI=1S/C18H22N4O3S/c1-2-25-18(24)22-9-7-21(8-10-22)16-6-5-14(13-19-16)20-17(23)12-15-4-3-11-26-15/h3-6,11,13H,2,7-10,12H2,1H3,(H,20,23). The Labute approximate surface area is 156 Å². The Morgan fingerprint density at radius 2 is 2.04 bits per heavy atom. The third-order valence-corrected chi connectivity index (χ3v) is 4.95. The molecule has 0 saturated carbocycles. The van der Waals surface area contributed by atoms with E-state index in [-0.39, 0.29) is 12.0 Å². The molecule has 3 rings (SSSR count). The second-order valence-corrected chi connectivity index (χ2v) is 6.91. The van der Waals surface area contributed by atoms with E-state index in [1.54, 1.807) is 29.4 Å². The Morgan fingerprint density at radius 1 is 1.23 bits per heavy atom. The third-order valence-electron chi connectivity index (χ3n) is 4.08. The molecule has 0 atom stereocenters. The summed E-state index contributed by atoms with van der Waals surface area (Å²) in [5.41, 5.74) is 0.681. The van der Waals surface area contributed by atoms with Gasteiger partial charge in [-0.1, -0.05) is 6.07 Å². The zero-order valence-corrected chi connectivity index (χ0v) is 15.5. The predicted octanol–water partition coefficient (Wildman–Crippen LogP) is 2.60. The molecule has 0 aromatic carbocycles. The van der Waals surface area contributed by atoms with Crippen molar-refractivity contribution < 1.29 is 14.3 Å². The lowest BCUT2D eigenvalue weighted by atomic mass is 10.3. The summed E-state index contributed by atoms with van der Waals surface area (Å²) in [6, 6.07) is 7.63. The van der Waals surface area contributed by atoms with E-state index in [1.165, 1.54) is 0 Å². The maximum atomic E-state index is 12.0. The van der Waals surface area contributed by atoms with Crippen molar-refractivity contribution in [1.82, 2.24) is 9.88 Å². The van der Waals surface area contributed by atoms with Gasteiger partial charge in [-0.25, -0.2) is 9.78 Å². The molecule has 2 aromatic heterocycles. The van der Waals surface area contributed by atoms with Crippen LogP contribution in [-0.2, 0) is 16.0 Å². The van der Waals surface area contributed by atoms with Gasteiger partial charge in [-0.3, -0.25) is 4.79 Å². The van der Waals surface area contributed by atoms with E-state index in [0.29, 0.717) is 44.9 Å². The van der Waals surface area contributed by atoms with Crippen LogP contribution >= 0.6 is 11.3 Å². The summed E-state index contributed by atoms with van der Waals surface area (Å²) in [7, 11) is 0. The lowest BCUT2D eigenvalue weighted by molar-refractivity contribution is -0.115. The third kappa shape index (κ3) is 4.72. The lowest BCUT2D eigenvalue weighted by Gasteiger charge is -2.34. The summed E-state index contributed by atoms with van der Waals surface area (Å²) in [6.07, 6.45) is 1.78. The van der Waals surface area contributed by atoms with Gasteiger partial charge >= 0.3 is 6.09 Å². The highest BCUT2D eigenvalue weighted by Gasteiger charge is 2.22. The molecule has 1 fully saturated rings. The molecule has 1 saturated heterocycles. The summed E-state index contributed by atoms with van der Waals surface area (Å²) < 4.78 is 5.03. The Balaban J connectivity index is 1.50. The van der Waals surface area contributed by atoms with Gasteiger partial charge in [0.25, 0.3) is 0 Å². The van der Waals surface area contributed by atoms with Gasteiger partial charge in [0, 0.05) is 31.1 Å². The molecular formula is C18H22N4O3S. The van der Waals surface area contributed by atoms with Crippen molar-refractivity contribution in [2.75, 3.05) is 43.0 Å². The van der Waals surface area contributed by atoms with E-state index in [1.807, 2.05) is 29.6 Å². The number of carbonyl (C=O) groups excluding carboxylic acids is 2. The second kappa shape index (κ2) is 8.66. The zero-order valence-electron chi connectivity index (χ0n) is 14.7. The number of piperazine rings is 1. The zero-order chi connectivity index (χ0) is 18.4. The first-order valence-electron chi connectivity index (χ1n) is 8.60. The van der Waals surface area contributed by atoms with E-state index in [9.17, 15) is 9.59 Å². The van der Waals surface area contributed by atoms with Crippen LogP contribution in [0, 0.1) is 0 Å². The Kier molecular flexibility index (Phi) is 6.06. The number of anilines is 2. The van der Waals surface area contributed by atoms with E-state index in [0.717, 1.165) is 10.7 Å². The fraction of sp³-hybridized carbons (Fsp3) is 0.389. The molecule has 26 heavy (non-hydrogen) atoms. The van der Waals surface area contributed by atoms with E-state index in [4.69, 9.17) is 4.74 Å². The van der Waals surface area contributed by atoms with Gasteiger partial charge in [0.1, 0.15) is 5.82 Å². The maximum absolute atomic E-state index is 12.0. The fourth-order valence-corrected chi connectivity index (χ4v) is 3.46. The number of rotatable bonds is 5. The second-order valence-electron chi connectivity index (χ2n) is 5.88. The number of amides is 2. The fourth-order valence-electron chi connectivity index (χ4n) is 2.76. The minimum absolute atomic E-state index is 0.0509. The van der Waals surface area contributed by atoms with E-state index < -0.39 is 0 Å². The topological polar surface area (TPSA) is 74.8 Å². The van der Waals surface area contributed by atoms with Gasteiger partial charge in [0.05, 0.1) is 24.9 Å². The molecule has 2 aromatic rings. The van der Waals surface area contributed by atoms with Crippen molar-refractivity contribution in [2.45, 2.75) is 13.3 Å². The van der Waals surface area contributed by atoms with Crippen LogP contribution in [0.2, 0.25) is 0 Å². The predicted molar refractivity (Wildman–Crippen MR) is 102 cm³/mol. The minimum atomic E-state index is -0.260. The van der Waals surface area contributed by atoms with Crippen LogP contribution in [0.1, 0.15) is 11.8 Å². The molecule has 2 amide bonds. The highest BCUT2D eigenvalue weighted by atomic mass is 32.1. The van der Waals surface area contributed by atoms with Crippen molar-refractivity contribution in [2.24, 2.45) is 0 Å². The summed E-state index contributed by atoms with van der Waals surface area (Å²) in [5.74, 6) is 0.787. The van der Waals surface area contributed by atoms with Gasteiger partial charge in [-0.05, 0) is 30.5 Å². The van der Waals surface area contributed by atoms with Gasteiger partial charge in [0.15, 0.2) is 0 Å². The number of hydrogen-bond donors (Lipinski definition) is 1. The molecule has 1 aliphatic rings. The SMILES string of the molecule is CCOC(=O)N1CCN(c2ccc(NC(=O)Cc3cccs3)cn2)CC1. The molecule has 0 spiro atoms. The number of nitrogens with zero attached hydrogens (tertiary/aromatic N) is 3. The number of thiophene rings is 1. The molecule has 1 aliphatic heterocycles. The van der Waals surface area contributed by atoms with Crippen molar-refractivity contribution in [3.05, 3.63) is 40.7 Å². The minimum Gasteiger partial charge on any atom is -0.450 e. The average molecular weight is 374 g/mol.